The number of hydrogen-bond acceptors (Lipinski definition) is 4. The zero-order chi connectivity index (χ0) is 16.5. The fourth-order valence-corrected chi connectivity index (χ4v) is 1.85. The van der Waals surface area contributed by atoms with Gasteiger partial charge in [-0.2, -0.15) is 0 Å². The lowest BCUT2D eigenvalue weighted by Gasteiger charge is -2.05. The molecule has 118 valence electrons. The smallest absolute Gasteiger partial charge is 0.407 e. The average Bonchev–Trinajstić information content (AvgIpc) is 2.58. The number of alkyl carbamates (subject to hydrolysis) is 1. The number of non-ortho nitro benzene ring substituents is 1. The monoisotopic (exact) mass is 312 g/mol. The molecule has 0 unspecified atom stereocenters. The lowest BCUT2D eigenvalue weighted by Crippen LogP contribution is -2.24. The number of nitro groups is 1. The number of rotatable bonds is 6. The van der Waals surface area contributed by atoms with Crippen LogP contribution >= 0.6 is 0 Å². The van der Waals surface area contributed by atoms with Gasteiger partial charge in [-0.25, -0.2) is 4.79 Å². The van der Waals surface area contributed by atoms with Crippen LogP contribution < -0.4 is 5.32 Å². The summed E-state index contributed by atoms with van der Waals surface area (Å²) in [4.78, 5) is 21.7. The number of carbonyl (C=O) groups excluding carboxylic acids is 1. The summed E-state index contributed by atoms with van der Waals surface area (Å²) in [5, 5.41) is 13.2. The standard InChI is InChI=1S/C17H16N2O4/c20-17(23-13-15-6-2-1-3-7-15)18-11-5-9-14-8-4-10-16(12-14)19(21)22/h1-10,12H,11,13H2,(H,18,20). The fourth-order valence-electron chi connectivity index (χ4n) is 1.85. The molecule has 0 atom stereocenters. The van der Waals surface area contributed by atoms with Gasteiger partial charge in [0.15, 0.2) is 0 Å². The van der Waals surface area contributed by atoms with Gasteiger partial charge in [0.05, 0.1) is 4.92 Å². The topological polar surface area (TPSA) is 81.5 Å². The van der Waals surface area contributed by atoms with E-state index in [1.165, 1.54) is 12.1 Å². The van der Waals surface area contributed by atoms with Crippen LogP contribution in [-0.2, 0) is 11.3 Å². The maximum absolute atomic E-state index is 11.5. The predicted molar refractivity (Wildman–Crippen MR) is 86.8 cm³/mol. The molecule has 0 aliphatic heterocycles. The van der Waals surface area contributed by atoms with Gasteiger partial charge in [0.1, 0.15) is 6.61 Å². The minimum absolute atomic E-state index is 0.0300. The van der Waals surface area contributed by atoms with Crippen molar-refractivity contribution in [2.45, 2.75) is 6.61 Å². The van der Waals surface area contributed by atoms with Gasteiger partial charge < -0.3 is 10.1 Å². The Morgan fingerprint density at radius 1 is 1.17 bits per heavy atom. The number of carbonyl (C=O) groups is 1. The Labute approximate surface area is 133 Å². The van der Waals surface area contributed by atoms with Crippen molar-refractivity contribution in [3.8, 4) is 0 Å². The Morgan fingerprint density at radius 2 is 1.96 bits per heavy atom. The van der Waals surface area contributed by atoms with Gasteiger partial charge in [0, 0.05) is 18.7 Å². The third kappa shape index (κ3) is 5.62. The maximum atomic E-state index is 11.5. The molecule has 0 fully saturated rings. The Balaban J connectivity index is 1.74. The van der Waals surface area contributed by atoms with Crippen LogP contribution in [-0.4, -0.2) is 17.6 Å². The van der Waals surface area contributed by atoms with Crippen LogP contribution in [0.2, 0.25) is 0 Å². The molecule has 6 nitrogen and oxygen atoms in total. The second-order valence-corrected chi connectivity index (χ2v) is 4.70. The summed E-state index contributed by atoms with van der Waals surface area (Å²) in [7, 11) is 0. The number of nitrogens with zero attached hydrogens (tertiary/aromatic N) is 1. The first-order valence-corrected chi connectivity index (χ1v) is 7.01. The van der Waals surface area contributed by atoms with E-state index in [0.29, 0.717) is 5.56 Å². The summed E-state index contributed by atoms with van der Waals surface area (Å²) in [6.45, 7) is 0.484. The Hall–Kier alpha value is -3.15. The van der Waals surface area contributed by atoms with Crippen molar-refractivity contribution >= 4 is 17.9 Å². The molecule has 0 saturated heterocycles. The second kappa shape index (κ2) is 8.33. The van der Waals surface area contributed by atoms with Gasteiger partial charge in [-0.1, -0.05) is 54.6 Å². The highest BCUT2D eigenvalue weighted by Crippen LogP contribution is 2.13. The second-order valence-electron chi connectivity index (χ2n) is 4.70. The lowest BCUT2D eigenvalue weighted by atomic mass is 10.2. The van der Waals surface area contributed by atoms with Gasteiger partial charge in [-0.15, -0.1) is 0 Å². The van der Waals surface area contributed by atoms with E-state index in [4.69, 9.17) is 4.74 Å². The molecule has 0 aliphatic carbocycles. The minimum atomic E-state index is -0.516. The van der Waals surface area contributed by atoms with Crippen molar-refractivity contribution in [3.05, 3.63) is 81.9 Å². The molecule has 0 aliphatic rings. The third-order valence-corrected chi connectivity index (χ3v) is 2.97. The van der Waals surface area contributed by atoms with Crippen LogP contribution in [0.3, 0.4) is 0 Å². The van der Waals surface area contributed by atoms with E-state index in [1.54, 1.807) is 24.3 Å². The Morgan fingerprint density at radius 3 is 2.70 bits per heavy atom. The number of benzene rings is 2. The largest absolute Gasteiger partial charge is 0.445 e. The molecule has 0 heterocycles. The normalized spacial score (nSPS) is 10.4. The van der Waals surface area contributed by atoms with Crippen LogP contribution in [0.5, 0.6) is 0 Å². The van der Waals surface area contributed by atoms with Gasteiger partial charge in [-0.3, -0.25) is 10.1 Å². The summed E-state index contributed by atoms with van der Waals surface area (Å²) in [6.07, 6.45) is 2.88. The molecule has 23 heavy (non-hydrogen) atoms. The van der Waals surface area contributed by atoms with Crippen LogP contribution in [0, 0.1) is 10.1 Å². The lowest BCUT2D eigenvalue weighted by molar-refractivity contribution is -0.384. The van der Waals surface area contributed by atoms with Crippen molar-refractivity contribution in [2.75, 3.05) is 6.54 Å². The summed E-state index contributed by atoms with van der Waals surface area (Å²) < 4.78 is 5.06. The highest BCUT2D eigenvalue weighted by atomic mass is 16.6. The van der Waals surface area contributed by atoms with E-state index in [1.807, 2.05) is 30.3 Å². The molecule has 0 radical (unpaired) electrons. The van der Waals surface area contributed by atoms with Crippen molar-refractivity contribution in [3.63, 3.8) is 0 Å². The van der Waals surface area contributed by atoms with E-state index in [2.05, 4.69) is 5.32 Å². The first kappa shape index (κ1) is 16.2. The number of nitrogens with one attached hydrogen (secondary N) is 1. The molecule has 2 aromatic carbocycles. The molecule has 0 bridgehead atoms. The molecular formula is C17H16N2O4. The van der Waals surface area contributed by atoms with Crippen molar-refractivity contribution in [1.29, 1.82) is 0 Å². The molecule has 0 aromatic heterocycles. The zero-order valence-electron chi connectivity index (χ0n) is 12.3. The summed E-state index contributed by atoms with van der Waals surface area (Å²) in [6, 6.07) is 15.6. The Bertz CT molecular complexity index is 699. The summed E-state index contributed by atoms with van der Waals surface area (Å²) in [5.41, 5.74) is 1.64. The van der Waals surface area contributed by atoms with Gasteiger partial charge in [-0.05, 0) is 11.1 Å². The highest BCUT2D eigenvalue weighted by Gasteiger charge is 2.03. The molecule has 2 rings (SSSR count). The van der Waals surface area contributed by atoms with Crippen LogP contribution in [0.4, 0.5) is 10.5 Å². The van der Waals surface area contributed by atoms with Crippen molar-refractivity contribution < 1.29 is 14.5 Å². The quantitative estimate of drug-likeness (QED) is 0.653. The maximum Gasteiger partial charge on any atom is 0.407 e. The van der Waals surface area contributed by atoms with E-state index in [9.17, 15) is 14.9 Å². The first-order valence-electron chi connectivity index (χ1n) is 7.01. The molecule has 6 heteroatoms. The van der Waals surface area contributed by atoms with Crippen LogP contribution in [0.25, 0.3) is 6.08 Å². The van der Waals surface area contributed by atoms with E-state index in [-0.39, 0.29) is 18.8 Å². The number of nitro benzene ring substituents is 1. The van der Waals surface area contributed by atoms with Crippen molar-refractivity contribution in [2.24, 2.45) is 0 Å². The molecule has 2 aromatic rings. The van der Waals surface area contributed by atoms with Crippen LogP contribution in [0.15, 0.2) is 60.7 Å². The van der Waals surface area contributed by atoms with E-state index < -0.39 is 11.0 Å². The van der Waals surface area contributed by atoms with Gasteiger partial charge in [0.25, 0.3) is 5.69 Å². The summed E-state index contributed by atoms with van der Waals surface area (Å²) >= 11 is 0. The molecule has 0 saturated carbocycles. The van der Waals surface area contributed by atoms with Crippen molar-refractivity contribution in [1.82, 2.24) is 5.32 Å². The third-order valence-electron chi connectivity index (χ3n) is 2.97. The highest BCUT2D eigenvalue weighted by molar-refractivity contribution is 5.67. The van der Waals surface area contributed by atoms with E-state index in [0.717, 1.165) is 5.56 Å². The summed E-state index contributed by atoms with van der Waals surface area (Å²) in [5.74, 6) is 0. The van der Waals surface area contributed by atoms with Gasteiger partial charge >= 0.3 is 6.09 Å². The molecular weight excluding hydrogens is 296 g/mol. The molecule has 1 N–H and O–H groups in total. The van der Waals surface area contributed by atoms with Crippen LogP contribution in [0.1, 0.15) is 11.1 Å². The Kier molecular flexibility index (Phi) is 5.88. The predicted octanol–water partition coefficient (Wildman–Crippen LogP) is 3.53. The zero-order valence-corrected chi connectivity index (χ0v) is 12.3. The average molecular weight is 312 g/mol. The number of hydrogen-bond donors (Lipinski definition) is 1. The first-order chi connectivity index (χ1) is 11.1. The minimum Gasteiger partial charge on any atom is -0.445 e. The van der Waals surface area contributed by atoms with E-state index >= 15 is 0 Å². The number of ether oxygens (including phenoxy) is 1. The SMILES string of the molecule is O=C(NCC=Cc1cccc([N+](=O)[O-])c1)OCc1ccccc1. The fraction of sp³-hybridized carbons (Fsp3) is 0.118. The molecule has 0 spiro atoms. The molecule has 1 amide bonds. The number of amides is 1. The van der Waals surface area contributed by atoms with Gasteiger partial charge in [0.2, 0.25) is 0 Å².